The molecule has 0 aliphatic heterocycles. The Bertz CT molecular complexity index is 233. The molecule has 1 N–H and O–H groups in total. The minimum absolute atomic E-state index is 1.18. The van der Waals surface area contributed by atoms with Gasteiger partial charge in [0.25, 0.3) is 0 Å². The minimum Gasteiger partial charge on any atom is -0.328 e. The third-order valence-corrected chi connectivity index (χ3v) is 2.20. The molecule has 1 nitrogen and oxygen atoms in total. The molecule has 1 rings (SSSR count). The number of hydrogen-bond acceptors (Lipinski definition) is 1. The molecule has 0 heterocycles. The lowest BCUT2D eigenvalue weighted by Crippen LogP contribution is -1.87. The van der Waals surface area contributed by atoms with E-state index < -0.39 is 0 Å². The van der Waals surface area contributed by atoms with E-state index in [-0.39, 0.29) is 0 Å². The van der Waals surface area contributed by atoms with Gasteiger partial charge < -0.3 is 3.53 Å². The van der Waals surface area contributed by atoms with Crippen molar-refractivity contribution in [3.05, 3.63) is 29.3 Å². The van der Waals surface area contributed by atoms with E-state index in [1.54, 1.807) is 0 Å². The van der Waals surface area contributed by atoms with Crippen LogP contribution in [0.3, 0.4) is 0 Å². The summed E-state index contributed by atoms with van der Waals surface area (Å²) in [4.78, 5) is 0. The van der Waals surface area contributed by atoms with Gasteiger partial charge in [-0.15, -0.1) is 0 Å². The third kappa shape index (κ3) is 1.42. The van der Waals surface area contributed by atoms with Gasteiger partial charge in [-0.3, -0.25) is 0 Å². The second-order valence-electron chi connectivity index (χ2n) is 2.24. The summed E-state index contributed by atoms with van der Waals surface area (Å²) < 4.78 is 3.09. The van der Waals surface area contributed by atoms with Gasteiger partial charge in [-0.1, -0.05) is 6.07 Å². The lowest BCUT2D eigenvalue weighted by atomic mass is 10.1. The predicted octanol–water partition coefficient (Wildman–Crippen LogP) is 2.87. The number of rotatable bonds is 1. The molecule has 0 atom stereocenters. The first kappa shape index (κ1) is 7.85. The van der Waals surface area contributed by atoms with Gasteiger partial charge in [0, 0.05) is 5.69 Å². The van der Waals surface area contributed by atoms with Crippen molar-refractivity contribution >= 4 is 28.6 Å². The predicted molar refractivity (Wildman–Crippen MR) is 52.4 cm³/mol. The second-order valence-corrected chi connectivity index (χ2v) is 2.78. The van der Waals surface area contributed by atoms with Crippen molar-refractivity contribution in [2.75, 3.05) is 3.53 Å². The Morgan fingerprint density at radius 1 is 1.50 bits per heavy atom. The molecule has 2 heteroatoms. The average molecular weight is 246 g/mol. The Labute approximate surface area is 75.3 Å². The van der Waals surface area contributed by atoms with Crippen molar-refractivity contribution in [2.45, 2.75) is 13.8 Å². The van der Waals surface area contributed by atoms with Gasteiger partial charge in [0.15, 0.2) is 0 Å². The molecule has 0 aliphatic rings. The molecule has 0 spiro atoms. The molecule has 0 unspecified atom stereocenters. The molecule has 0 fully saturated rings. The van der Waals surface area contributed by atoms with Crippen LogP contribution >= 0.6 is 22.9 Å². The van der Waals surface area contributed by atoms with Crippen molar-refractivity contribution in [2.24, 2.45) is 0 Å². The lowest BCUT2D eigenvalue weighted by molar-refractivity contribution is 1.34. The van der Waals surface area contributed by atoms with Crippen molar-refractivity contribution in [1.29, 1.82) is 0 Å². The summed E-state index contributed by atoms with van der Waals surface area (Å²) >= 11 is 2.13. The monoisotopic (exact) mass is 246 g/mol. The summed E-state index contributed by atoms with van der Waals surface area (Å²) in [6.45, 7) is 4.15. The summed E-state index contributed by atoms with van der Waals surface area (Å²) in [6, 6.07) is 7.09. The zero-order chi connectivity index (χ0) is 7.56. The van der Waals surface area contributed by atoms with Crippen LogP contribution in [0.4, 0.5) is 5.69 Å². The molecule has 10 heavy (non-hydrogen) atoms. The van der Waals surface area contributed by atoms with Crippen LogP contribution in [-0.2, 0) is 0 Å². The maximum atomic E-state index is 3.13. The molecular formula is C8H9IN. The molecule has 1 aromatic rings. The van der Waals surface area contributed by atoms with Crippen molar-refractivity contribution in [3.63, 3.8) is 0 Å². The topological polar surface area (TPSA) is 12.0 Å². The number of hydrogen-bond donors (Lipinski definition) is 1. The summed E-state index contributed by atoms with van der Waals surface area (Å²) in [5.74, 6) is 0. The fourth-order valence-electron chi connectivity index (χ4n) is 0.788. The maximum Gasteiger partial charge on any atom is 0.0560 e. The largest absolute Gasteiger partial charge is 0.328 e. The number of aryl methyl sites for hydroxylation is 1. The van der Waals surface area contributed by atoms with Gasteiger partial charge in [0.1, 0.15) is 0 Å². The quantitative estimate of drug-likeness (QED) is 0.593. The van der Waals surface area contributed by atoms with Gasteiger partial charge >= 0.3 is 0 Å². The van der Waals surface area contributed by atoms with Gasteiger partial charge in [-0.2, -0.15) is 0 Å². The number of nitrogens with one attached hydrogen (secondary N) is 1. The fourth-order valence-corrected chi connectivity index (χ4v) is 1.37. The normalized spacial score (nSPS) is 9.50. The van der Waals surface area contributed by atoms with Gasteiger partial charge in [-0.05, 0) is 37.1 Å². The highest BCUT2D eigenvalue weighted by Crippen LogP contribution is 2.18. The molecular weight excluding hydrogens is 237 g/mol. The van der Waals surface area contributed by atoms with Gasteiger partial charge in [-0.25, -0.2) is 0 Å². The first-order chi connectivity index (χ1) is 4.75. The molecule has 0 bridgehead atoms. The highest BCUT2D eigenvalue weighted by molar-refractivity contribution is 14.1. The van der Waals surface area contributed by atoms with Crippen LogP contribution in [0.5, 0.6) is 0 Å². The molecule has 0 aliphatic carbocycles. The summed E-state index contributed by atoms with van der Waals surface area (Å²) in [5, 5.41) is 0. The first-order valence-electron chi connectivity index (χ1n) is 3.10. The minimum atomic E-state index is 1.18. The standard InChI is InChI=1S/C8H9IN/c1-6-4-3-5-8(10-9)7(6)2/h3,5,10H,1-2H3. The van der Waals surface area contributed by atoms with E-state index in [0.717, 1.165) is 0 Å². The van der Waals surface area contributed by atoms with Gasteiger partial charge in [0.05, 0.1) is 22.9 Å². The zero-order valence-corrected chi connectivity index (χ0v) is 8.19. The fraction of sp³-hybridized carbons (Fsp3) is 0.250. The zero-order valence-electron chi connectivity index (χ0n) is 6.03. The van der Waals surface area contributed by atoms with E-state index >= 15 is 0 Å². The molecule has 0 amide bonds. The lowest BCUT2D eigenvalue weighted by Gasteiger charge is -2.04. The van der Waals surface area contributed by atoms with E-state index in [0.29, 0.717) is 0 Å². The van der Waals surface area contributed by atoms with E-state index in [2.05, 4.69) is 46.3 Å². The highest BCUT2D eigenvalue weighted by atomic mass is 127. The van der Waals surface area contributed by atoms with Crippen LogP contribution in [0.15, 0.2) is 12.1 Å². The Morgan fingerprint density at radius 2 is 2.20 bits per heavy atom. The molecule has 53 valence electrons. The Balaban J connectivity index is 3.14. The van der Waals surface area contributed by atoms with E-state index in [1.165, 1.54) is 16.8 Å². The summed E-state index contributed by atoms with van der Waals surface area (Å²) in [7, 11) is 0. The molecule has 0 saturated carbocycles. The Hall–Kier alpha value is -0.250. The highest BCUT2D eigenvalue weighted by Gasteiger charge is 1.96. The number of anilines is 1. The van der Waals surface area contributed by atoms with Gasteiger partial charge in [0.2, 0.25) is 0 Å². The maximum absolute atomic E-state index is 3.13. The van der Waals surface area contributed by atoms with E-state index in [9.17, 15) is 0 Å². The molecule has 1 aromatic carbocycles. The molecule has 0 saturated heterocycles. The van der Waals surface area contributed by atoms with Crippen LogP contribution in [0, 0.1) is 19.9 Å². The average Bonchev–Trinajstić information content (AvgIpc) is 1.95. The Kier molecular flexibility index (Phi) is 2.54. The third-order valence-electron chi connectivity index (χ3n) is 1.62. The van der Waals surface area contributed by atoms with Crippen LogP contribution in [-0.4, -0.2) is 0 Å². The Morgan fingerprint density at radius 3 is 2.70 bits per heavy atom. The SMILES string of the molecule is Cc1[c]ccc(NI)c1C. The second kappa shape index (κ2) is 3.23. The summed E-state index contributed by atoms with van der Waals surface area (Å²) in [5.41, 5.74) is 3.66. The van der Waals surface area contributed by atoms with Crippen LogP contribution in [0.2, 0.25) is 0 Å². The van der Waals surface area contributed by atoms with Crippen LogP contribution in [0.1, 0.15) is 11.1 Å². The first-order valence-corrected chi connectivity index (χ1v) is 4.18. The van der Waals surface area contributed by atoms with Crippen LogP contribution < -0.4 is 3.53 Å². The smallest absolute Gasteiger partial charge is 0.0560 e. The van der Waals surface area contributed by atoms with E-state index in [4.69, 9.17) is 0 Å². The van der Waals surface area contributed by atoms with Crippen molar-refractivity contribution in [1.82, 2.24) is 0 Å². The van der Waals surface area contributed by atoms with Crippen LogP contribution in [0.25, 0.3) is 0 Å². The van der Waals surface area contributed by atoms with E-state index in [1.807, 2.05) is 12.1 Å². The molecule has 0 aromatic heterocycles. The number of benzene rings is 1. The molecule has 1 radical (unpaired) electrons. The van der Waals surface area contributed by atoms with Crippen molar-refractivity contribution < 1.29 is 0 Å². The van der Waals surface area contributed by atoms with Crippen molar-refractivity contribution in [3.8, 4) is 0 Å². The number of halogens is 1. The summed E-state index contributed by atoms with van der Waals surface area (Å²) in [6.07, 6.45) is 0.